The number of nitrogens with zero attached hydrogens (tertiary/aromatic N) is 1. The Morgan fingerprint density at radius 3 is 2.29 bits per heavy atom. The minimum Gasteiger partial charge on any atom is -0.481 e. The molecule has 3 rings (SSSR count). The number of rotatable bonds is 9. The molecule has 1 saturated heterocycles. The summed E-state index contributed by atoms with van der Waals surface area (Å²) in [7, 11) is 0. The monoisotopic (exact) mass is 573 g/mol. The van der Waals surface area contributed by atoms with E-state index in [4.69, 9.17) is 23.2 Å². The van der Waals surface area contributed by atoms with E-state index in [2.05, 4.69) is 0 Å². The van der Waals surface area contributed by atoms with E-state index in [1.54, 1.807) is 61.2 Å². The van der Waals surface area contributed by atoms with Gasteiger partial charge in [-0.15, -0.1) is 0 Å². The van der Waals surface area contributed by atoms with Crippen LogP contribution in [0.3, 0.4) is 0 Å². The Morgan fingerprint density at radius 2 is 1.76 bits per heavy atom. The molecule has 5 atom stereocenters. The second-order valence-corrected chi connectivity index (χ2v) is 11.5. The maximum atomic E-state index is 14.1. The quantitative estimate of drug-likeness (QED) is 0.327. The van der Waals surface area contributed by atoms with Crippen LogP contribution in [0.15, 0.2) is 48.5 Å². The highest BCUT2D eigenvalue weighted by atomic mass is 35.5. The van der Waals surface area contributed by atoms with Gasteiger partial charge in [-0.3, -0.25) is 9.59 Å². The number of halogens is 5. The van der Waals surface area contributed by atoms with E-state index in [9.17, 15) is 33.0 Å². The first-order chi connectivity index (χ1) is 17.6. The lowest BCUT2D eigenvalue weighted by molar-refractivity contribution is -0.256. The fourth-order valence-electron chi connectivity index (χ4n) is 5.41. The van der Waals surface area contributed by atoms with E-state index in [-0.39, 0.29) is 12.8 Å². The number of piperidine rings is 1. The lowest BCUT2D eigenvalue weighted by Crippen LogP contribution is -2.56. The predicted molar refractivity (Wildman–Crippen MR) is 140 cm³/mol. The second-order valence-electron chi connectivity index (χ2n) is 10.6. The normalized spacial score (nSPS) is 24.7. The van der Waals surface area contributed by atoms with Crippen LogP contribution < -0.4 is 0 Å². The highest BCUT2D eigenvalue weighted by Gasteiger charge is 2.54. The molecule has 1 aliphatic rings. The summed E-state index contributed by atoms with van der Waals surface area (Å²) in [6, 6.07) is 12.6. The molecular formula is C28H32Cl2F3NO4. The van der Waals surface area contributed by atoms with E-state index in [0.717, 1.165) is 12.5 Å². The Bertz CT molecular complexity index is 1160. The molecule has 2 N–H and O–H groups in total. The zero-order chi connectivity index (χ0) is 28.5. The second kappa shape index (κ2) is 11.4. The van der Waals surface area contributed by atoms with Crippen LogP contribution in [0.5, 0.6) is 0 Å². The fourth-order valence-corrected chi connectivity index (χ4v) is 5.73. The van der Waals surface area contributed by atoms with E-state index >= 15 is 0 Å². The van der Waals surface area contributed by atoms with Gasteiger partial charge in [0.25, 0.3) is 0 Å². The summed E-state index contributed by atoms with van der Waals surface area (Å²) in [5.41, 5.74) is -2.76. The molecule has 0 bridgehead atoms. The molecule has 1 fully saturated rings. The number of carboxylic acids is 1. The van der Waals surface area contributed by atoms with E-state index in [1.807, 2.05) is 6.07 Å². The Kier molecular flexibility index (Phi) is 9.11. The zero-order valence-corrected chi connectivity index (χ0v) is 22.9. The minimum atomic E-state index is -4.84. The standard InChI is InChI=1S/C28H32Cl2F3NO4/c1-4-21(12-13-27(3,38)28(31,32)33)34-24(17-8-10-19(29)11-9-17)22(18-6-5-7-20(30)14-18)15-26(2,25(34)37)16-23(35)36/h5-11,14,21-22,24,38H,4,12-13,15-16H2,1-3H3,(H,35,36)/t21?,22-,24-,26-,27?/m1/s1. The topological polar surface area (TPSA) is 77.8 Å². The Hall–Kier alpha value is -2.29. The number of hydrogen-bond acceptors (Lipinski definition) is 3. The molecule has 2 aromatic carbocycles. The molecule has 2 aromatic rings. The molecule has 2 unspecified atom stereocenters. The molecule has 38 heavy (non-hydrogen) atoms. The molecule has 0 aliphatic carbocycles. The van der Waals surface area contributed by atoms with Crippen molar-refractivity contribution in [3.05, 3.63) is 69.7 Å². The van der Waals surface area contributed by atoms with Gasteiger partial charge < -0.3 is 15.1 Å². The first-order valence-electron chi connectivity index (χ1n) is 12.4. The number of amides is 1. The van der Waals surface area contributed by atoms with Gasteiger partial charge >= 0.3 is 12.1 Å². The minimum absolute atomic E-state index is 0.135. The van der Waals surface area contributed by atoms with Gasteiger partial charge in [0, 0.05) is 22.0 Å². The SMILES string of the molecule is CCC(CCC(C)(O)C(F)(F)F)N1C(=O)[C@@](C)(CC(=O)O)C[C@H](c2cccc(Cl)c2)[C@H]1c1ccc(Cl)cc1. The van der Waals surface area contributed by atoms with Gasteiger partial charge in [0.05, 0.1) is 17.9 Å². The molecule has 0 spiro atoms. The van der Waals surface area contributed by atoms with Crippen molar-refractivity contribution < 1.29 is 33.0 Å². The van der Waals surface area contributed by atoms with Crippen molar-refractivity contribution in [1.29, 1.82) is 0 Å². The van der Waals surface area contributed by atoms with E-state index in [1.165, 1.54) is 0 Å². The van der Waals surface area contributed by atoms with Crippen LogP contribution in [0.4, 0.5) is 13.2 Å². The number of aliphatic carboxylic acids is 1. The summed E-state index contributed by atoms with van der Waals surface area (Å²) < 4.78 is 40.4. The highest BCUT2D eigenvalue weighted by molar-refractivity contribution is 6.30. The number of alkyl halides is 3. The summed E-state index contributed by atoms with van der Waals surface area (Å²) in [5.74, 6) is -2.01. The van der Waals surface area contributed by atoms with Crippen molar-refractivity contribution in [2.24, 2.45) is 5.41 Å². The molecule has 0 radical (unpaired) electrons. The third-order valence-corrected chi connectivity index (χ3v) is 8.06. The Balaban J connectivity index is 2.18. The van der Waals surface area contributed by atoms with Gasteiger partial charge in [-0.1, -0.05) is 61.3 Å². The Morgan fingerprint density at radius 1 is 1.13 bits per heavy atom. The van der Waals surface area contributed by atoms with Crippen LogP contribution in [-0.2, 0) is 9.59 Å². The molecular weight excluding hydrogens is 542 g/mol. The van der Waals surface area contributed by atoms with Crippen LogP contribution in [-0.4, -0.2) is 44.8 Å². The van der Waals surface area contributed by atoms with Crippen LogP contribution in [0.2, 0.25) is 10.0 Å². The predicted octanol–water partition coefficient (Wildman–Crippen LogP) is 7.40. The molecule has 208 valence electrons. The fraction of sp³-hybridized carbons (Fsp3) is 0.500. The number of aliphatic hydroxyl groups is 1. The van der Waals surface area contributed by atoms with Crippen molar-refractivity contribution in [1.82, 2.24) is 4.90 Å². The zero-order valence-electron chi connectivity index (χ0n) is 21.4. The lowest BCUT2D eigenvalue weighted by atomic mass is 9.66. The van der Waals surface area contributed by atoms with Crippen molar-refractivity contribution in [2.45, 2.75) is 82.7 Å². The summed E-state index contributed by atoms with van der Waals surface area (Å²) in [6.07, 6.45) is -5.54. The summed E-state index contributed by atoms with van der Waals surface area (Å²) in [5, 5.41) is 20.7. The summed E-state index contributed by atoms with van der Waals surface area (Å²) >= 11 is 12.4. The van der Waals surface area contributed by atoms with Crippen molar-refractivity contribution in [3.63, 3.8) is 0 Å². The van der Waals surface area contributed by atoms with Gasteiger partial charge in [-0.25, -0.2) is 0 Å². The third-order valence-electron chi connectivity index (χ3n) is 7.57. The first-order valence-corrected chi connectivity index (χ1v) is 13.2. The van der Waals surface area contributed by atoms with E-state index < -0.39 is 59.9 Å². The number of carbonyl (C=O) groups excluding carboxylic acids is 1. The van der Waals surface area contributed by atoms with Crippen LogP contribution in [0.1, 0.15) is 76.0 Å². The van der Waals surface area contributed by atoms with Gasteiger partial charge in [-0.2, -0.15) is 13.2 Å². The van der Waals surface area contributed by atoms with Crippen molar-refractivity contribution >= 4 is 35.1 Å². The molecule has 1 amide bonds. The van der Waals surface area contributed by atoms with Gasteiger partial charge in [0.2, 0.25) is 5.91 Å². The number of likely N-dealkylation sites (tertiary alicyclic amines) is 1. The average molecular weight is 574 g/mol. The largest absolute Gasteiger partial charge is 0.481 e. The number of hydrogen-bond donors (Lipinski definition) is 2. The summed E-state index contributed by atoms with van der Waals surface area (Å²) in [4.78, 5) is 27.5. The summed E-state index contributed by atoms with van der Waals surface area (Å²) in [6.45, 7) is 4.07. The molecule has 0 aromatic heterocycles. The van der Waals surface area contributed by atoms with Crippen LogP contribution in [0.25, 0.3) is 0 Å². The number of carboxylic acid groups (broad SMARTS) is 1. The van der Waals surface area contributed by atoms with Crippen LogP contribution in [0, 0.1) is 5.41 Å². The highest BCUT2D eigenvalue weighted by Crippen LogP contribution is 2.52. The molecule has 5 nitrogen and oxygen atoms in total. The maximum Gasteiger partial charge on any atom is 0.416 e. The van der Waals surface area contributed by atoms with Gasteiger partial charge in [-0.05, 0) is 68.0 Å². The average Bonchev–Trinajstić information content (AvgIpc) is 2.81. The van der Waals surface area contributed by atoms with Gasteiger partial charge in [0.15, 0.2) is 5.60 Å². The van der Waals surface area contributed by atoms with Crippen molar-refractivity contribution in [3.8, 4) is 0 Å². The first kappa shape index (κ1) is 30.3. The maximum absolute atomic E-state index is 14.1. The number of benzene rings is 2. The lowest BCUT2D eigenvalue weighted by Gasteiger charge is -2.52. The molecule has 1 heterocycles. The third kappa shape index (κ3) is 6.46. The van der Waals surface area contributed by atoms with Crippen LogP contribution >= 0.6 is 23.2 Å². The molecule has 1 aliphatic heterocycles. The number of carbonyl (C=O) groups is 2. The molecule has 0 saturated carbocycles. The molecule has 10 heteroatoms. The smallest absolute Gasteiger partial charge is 0.416 e. The van der Waals surface area contributed by atoms with E-state index in [0.29, 0.717) is 22.0 Å². The Labute approximate surface area is 230 Å². The van der Waals surface area contributed by atoms with Gasteiger partial charge in [0.1, 0.15) is 0 Å². The van der Waals surface area contributed by atoms with Crippen molar-refractivity contribution in [2.75, 3.05) is 0 Å².